The van der Waals surface area contributed by atoms with Crippen LogP contribution in [0.2, 0.25) is 0 Å². The number of hydrogen-bond acceptors (Lipinski definition) is 4. The fraction of sp³-hybridized carbons (Fsp3) is 0.176. The molecule has 0 aliphatic heterocycles. The first kappa shape index (κ1) is 15.6. The molecule has 5 nitrogen and oxygen atoms in total. The summed E-state index contributed by atoms with van der Waals surface area (Å²) in [6, 6.07) is 10.1. The van der Waals surface area contributed by atoms with Gasteiger partial charge in [-0.15, -0.1) is 0 Å². The molecule has 2 aromatic carbocycles. The van der Waals surface area contributed by atoms with E-state index in [1.54, 1.807) is 6.07 Å². The van der Waals surface area contributed by atoms with Gasteiger partial charge in [0.1, 0.15) is 11.5 Å². The van der Waals surface area contributed by atoms with Crippen molar-refractivity contribution < 1.29 is 24.5 Å². The molecule has 0 atom stereocenters. The summed E-state index contributed by atoms with van der Waals surface area (Å²) in [6.45, 7) is 1.98. The number of aromatic carboxylic acids is 1. The Kier molecular flexibility index (Phi) is 4.78. The van der Waals surface area contributed by atoms with Gasteiger partial charge in [-0.05, 0) is 54.4 Å². The van der Waals surface area contributed by atoms with Crippen LogP contribution in [0.1, 0.15) is 39.6 Å². The van der Waals surface area contributed by atoms with Gasteiger partial charge >= 0.3 is 11.9 Å². The number of esters is 1. The molecule has 22 heavy (non-hydrogen) atoms. The maximum absolute atomic E-state index is 12.2. The molecule has 0 bridgehead atoms. The highest BCUT2D eigenvalue weighted by molar-refractivity contribution is 5.93. The van der Waals surface area contributed by atoms with Crippen LogP contribution in [-0.4, -0.2) is 22.2 Å². The summed E-state index contributed by atoms with van der Waals surface area (Å²) in [6.07, 6.45) is 1.48. The predicted molar refractivity (Wildman–Crippen MR) is 80.5 cm³/mol. The molecule has 2 aromatic rings. The van der Waals surface area contributed by atoms with E-state index in [1.165, 1.54) is 36.4 Å². The highest BCUT2D eigenvalue weighted by Gasteiger charge is 2.14. The van der Waals surface area contributed by atoms with Crippen LogP contribution in [0.3, 0.4) is 0 Å². The molecule has 5 heteroatoms. The van der Waals surface area contributed by atoms with Gasteiger partial charge in [0, 0.05) is 0 Å². The first-order valence-corrected chi connectivity index (χ1v) is 6.88. The van der Waals surface area contributed by atoms with Gasteiger partial charge in [0.15, 0.2) is 0 Å². The van der Waals surface area contributed by atoms with Crippen molar-refractivity contribution in [2.75, 3.05) is 0 Å². The van der Waals surface area contributed by atoms with Crippen molar-refractivity contribution in [3.05, 3.63) is 59.2 Å². The van der Waals surface area contributed by atoms with Crippen LogP contribution in [0.4, 0.5) is 0 Å². The molecule has 0 heterocycles. The summed E-state index contributed by atoms with van der Waals surface area (Å²) < 4.78 is 5.25. The van der Waals surface area contributed by atoms with Crippen molar-refractivity contribution in [1.29, 1.82) is 0 Å². The van der Waals surface area contributed by atoms with Crippen LogP contribution in [0.5, 0.6) is 11.5 Å². The lowest BCUT2D eigenvalue weighted by atomic mass is 10.0. The number of hydrogen-bond donors (Lipinski definition) is 2. The monoisotopic (exact) mass is 300 g/mol. The normalized spacial score (nSPS) is 10.2. The van der Waals surface area contributed by atoms with E-state index in [1.807, 2.05) is 6.92 Å². The first-order valence-electron chi connectivity index (χ1n) is 6.88. The van der Waals surface area contributed by atoms with E-state index in [0.717, 1.165) is 12.0 Å². The fourth-order valence-electron chi connectivity index (χ4n) is 2.08. The third-order valence-corrected chi connectivity index (χ3v) is 3.14. The zero-order chi connectivity index (χ0) is 16.1. The van der Waals surface area contributed by atoms with E-state index in [2.05, 4.69) is 0 Å². The van der Waals surface area contributed by atoms with Crippen molar-refractivity contribution in [1.82, 2.24) is 0 Å². The summed E-state index contributed by atoms with van der Waals surface area (Å²) in [4.78, 5) is 23.0. The molecular weight excluding hydrogens is 284 g/mol. The van der Waals surface area contributed by atoms with Crippen LogP contribution < -0.4 is 4.74 Å². The van der Waals surface area contributed by atoms with Gasteiger partial charge in [0.25, 0.3) is 0 Å². The van der Waals surface area contributed by atoms with Gasteiger partial charge in [-0.3, -0.25) is 0 Å². The number of rotatable bonds is 5. The zero-order valence-corrected chi connectivity index (χ0v) is 12.1. The topological polar surface area (TPSA) is 83.8 Å². The number of benzene rings is 2. The highest BCUT2D eigenvalue weighted by atomic mass is 16.5. The van der Waals surface area contributed by atoms with Crippen molar-refractivity contribution in [3.8, 4) is 11.5 Å². The van der Waals surface area contributed by atoms with Gasteiger partial charge in [0.2, 0.25) is 0 Å². The van der Waals surface area contributed by atoms with Gasteiger partial charge in [-0.2, -0.15) is 0 Å². The maximum Gasteiger partial charge on any atom is 0.343 e. The summed E-state index contributed by atoms with van der Waals surface area (Å²) >= 11 is 0. The van der Waals surface area contributed by atoms with Crippen LogP contribution in [0.15, 0.2) is 42.5 Å². The molecule has 0 saturated carbocycles. The number of ether oxygens (including phenoxy) is 1. The number of phenolic OH excluding ortho intramolecular Hbond substituents is 1. The van der Waals surface area contributed by atoms with Gasteiger partial charge in [-0.25, -0.2) is 9.59 Å². The Morgan fingerprint density at radius 1 is 1.09 bits per heavy atom. The molecule has 0 saturated heterocycles. The molecule has 0 aliphatic carbocycles. The average Bonchev–Trinajstić information content (AvgIpc) is 2.48. The van der Waals surface area contributed by atoms with E-state index < -0.39 is 11.9 Å². The molecule has 2 N–H and O–H groups in total. The number of aromatic hydroxyl groups is 1. The molecule has 0 fully saturated rings. The van der Waals surface area contributed by atoms with Crippen LogP contribution in [0, 0.1) is 0 Å². The van der Waals surface area contributed by atoms with Gasteiger partial charge in [0.05, 0.1) is 11.1 Å². The Bertz CT molecular complexity index is 689. The van der Waals surface area contributed by atoms with Crippen molar-refractivity contribution in [3.63, 3.8) is 0 Å². The molecule has 0 aliphatic rings. The van der Waals surface area contributed by atoms with Crippen molar-refractivity contribution in [2.24, 2.45) is 0 Å². The number of carboxylic acid groups (broad SMARTS) is 1. The van der Waals surface area contributed by atoms with E-state index in [-0.39, 0.29) is 17.1 Å². The number of phenols is 1. The minimum absolute atomic E-state index is 0.103. The molecular formula is C17H16O5. The van der Waals surface area contributed by atoms with Crippen molar-refractivity contribution in [2.45, 2.75) is 19.8 Å². The largest absolute Gasteiger partial charge is 0.508 e. The minimum atomic E-state index is -1.04. The summed E-state index contributed by atoms with van der Waals surface area (Å²) in [5.41, 5.74) is 1.23. The lowest BCUT2D eigenvalue weighted by Gasteiger charge is -2.09. The Balaban J connectivity index is 2.20. The minimum Gasteiger partial charge on any atom is -0.508 e. The maximum atomic E-state index is 12.2. The molecule has 114 valence electrons. The van der Waals surface area contributed by atoms with E-state index in [0.29, 0.717) is 12.0 Å². The quantitative estimate of drug-likeness (QED) is 0.654. The van der Waals surface area contributed by atoms with E-state index in [4.69, 9.17) is 9.84 Å². The number of aryl methyl sites for hydroxylation is 1. The fourth-order valence-corrected chi connectivity index (χ4v) is 2.08. The second-order valence-electron chi connectivity index (χ2n) is 4.81. The first-order chi connectivity index (χ1) is 10.5. The molecule has 2 rings (SSSR count). The smallest absolute Gasteiger partial charge is 0.343 e. The third kappa shape index (κ3) is 3.63. The SMILES string of the molecule is CCCc1cc(O)ccc1C(=O)Oc1ccc(C(=O)O)cc1. The van der Waals surface area contributed by atoms with Gasteiger partial charge < -0.3 is 14.9 Å². The summed E-state index contributed by atoms with van der Waals surface area (Å²) in [5.74, 6) is -1.20. The second kappa shape index (κ2) is 6.76. The standard InChI is InChI=1S/C17H16O5/c1-2-3-12-10-13(18)6-9-15(12)17(21)22-14-7-4-11(5-8-14)16(19)20/h4-10,18H,2-3H2,1H3,(H,19,20). The molecule has 0 radical (unpaired) electrons. The molecule has 0 unspecified atom stereocenters. The predicted octanol–water partition coefficient (Wildman–Crippen LogP) is 3.26. The van der Waals surface area contributed by atoms with Crippen LogP contribution in [0.25, 0.3) is 0 Å². The Hall–Kier alpha value is -2.82. The summed E-state index contributed by atoms with van der Waals surface area (Å²) in [7, 11) is 0. The number of carbonyl (C=O) groups is 2. The van der Waals surface area contributed by atoms with E-state index >= 15 is 0 Å². The lowest BCUT2D eigenvalue weighted by Crippen LogP contribution is -2.11. The highest BCUT2D eigenvalue weighted by Crippen LogP contribution is 2.21. The van der Waals surface area contributed by atoms with Gasteiger partial charge in [-0.1, -0.05) is 13.3 Å². The second-order valence-corrected chi connectivity index (χ2v) is 4.81. The average molecular weight is 300 g/mol. The number of carboxylic acids is 1. The molecule has 0 amide bonds. The third-order valence-electron chi connectivity index (χ3n) is 3.14. The van der Waals surface area contributed by atoms with Crippen molar-refractivity contribution >= 4 is 11.9 Å². The zero-order valence-electron chi connectivity index (χ0n) is 12.1. The van der Waals surface area contributed by atoms with Crippen LogP contribution in [-0.2, 0) is 6.42 Å². The van der Waals surface area contributed by atoms with Crippen LogP contribution >= 0.6 is 0 Å². The number of carbonyl (C=O) groups excluding carboxylic acids is 1. The lowest BCUT2D eigenvalue weighted by molar-refractivity contribution is 0.0696. The summed E-state index contributed by atoms with van der Waals surface area (Å²) in [5, 5.41) is 18.3. The Morgan fingerprint density at radius 3 is 2.36 bits per heavy atom. The Morgan fingerprint density at radius 2 is 1.77 bits per heavy atom. The molecule has 0 aromatic heterocycles. The van der Waals surface area contributed by atoms with E-state index in [9.17, 15) is 14.7 Å². The Labute approximate surface area is 127 Å². The molecule has 0 spiro atoms.